The van der Waals surface area contributed by atoms with Gasteiger partial charge in [-0.15, -0.1) is 0 Å². The maximum atomic E-state index is 11.9. The predicted molar refractivity (Wildman–Crippen MR) is 57.2 cm³/mol. The summed E-state index contributed by atoms with van der Waals surface area (Å²) in [5.41, 5.74) is 5.38. The number of carbonyl (C=O) groups excluding carboxylic acids is 2. The highest BCUT2D eigenvalue weighted by atomic mass is 16.2. The lowest BCUT2D eigenvalue weighted by atomic mass is 10.0. The summed E-state index contributed by atoms with van der Waals surface area (Å²) in [4.78, 5) is 26.6. The topological polar surface area (TPSA) is 66.6 Å². The van der Waals surface area contributed by atoms with Crippen molar-refractivity contribution in [2.45, 2.75) is 26.8 Å². The van der Waals surface area contributed by atoms with Crippen molar-refractivity contribution in [1.82, 2.24) is 9.80 Å². The molecule has 2 N–H and O–H groups in total. The van der Waals surface area contributed by atoms with Gasteiger partial charge in [0, 0.05) is 19.6 Å². The number of nitrogens with zero attached hydrogens (tertiary/aromatic N) is 2. The summed E-state index contributed by atoms with van der Waals surface area (Å²) in [7, 11) is 0. The number of imide groups is 1. The number of hydrogen-bond donors (Lipinski definition) is 1. The quantitative estimate of drug-likeness (QED) is 0.681. The van der Waals surface area contributed by atoms with E-state index < -0.39 is 0 Å². The second kappa shape index (κ2) is 4.61. The van der Waals surface area contributed by atoms with Gasteiger partial charge in [0.15, 0.2) is 0 Å². The molecule has 1 rings (SSSR count). The molecular weight excluding hydrogens is 194 g/mol. The average Bonchev–Trinajstić information content (AvgIpc) is 2.41. The molecule has 1 aliphatic heterocycles. The van der Waals surface area contributed by atoms with Crippen molar-refractivity contribution in [3.8, 4) is 0 Å². The lowest BCUT2D eigenvalue weighted by molar-refractivity contribution is -0.129. The van der Waals surface area contributed by atoms with Crippen LogP contribution in [0.5, 0.6) is 0 Å². The fourth-order valence-corrected chi connectivity index (χ4v) is 1.97. The van der Waals surface area contributed by atoms with Crippen LogP contribution < -0.4 is 5.73 Å². The molecule has 0 radical (unpaired) electrons. The number of amides is 3. The zero-order chi connectivity index (χ0) is 11.6. The molecule has 0 saturated carbocycles. The molecule has 0 aliphatic carbocycles. The van der Waals surface area contributed by atoms with E-state index in [9.17, 15) is 9.59 Å². The average molecular weight is 213 g/mol. The molecule has 1 atom stereocenters. The summed E-state index contributed by atoms with van der Waals surface area (Å²) in [6.45, 7) is 6.98. The number of urea groups is 1. The number of hydrogen-bond acceptors (Lipinski definition) is 3. The van der Waals surface area contributed by atoms with Crippen LogP contribution in [0.1, 0.15) is 20.8 Å². The van der Waals surface area contributed by atoms with Crippen molar-refractivity contribution in [2.75, 3.05) is 19.6 Å². The summed E-state index contributed by atoms with van der Waals surface area (Å²) >= 11 is 0. The van der Waals surface area contributed by atoms with Crippen LogP contribution >= 0.6 is 0 Å². The van der Waals surface area contributed by atoms with Crippen LogP contribution in [-0.2, 0) is 4.79 Å². The molecule has 0 aromatic heterocycles. The summed E-state index contributed by atoms with van der Waals surface area (Å²) in [5, 5.41) is 0. The normalized spacial score (nSPS) is 22.1. The standard InChI is InChI=1S/C10H19N3O2/c1-4-12-8(7(2)3)9(14)13(6-5-11)10(12)15/h7-8H,4-6,11H2,1-3H3. The van der Waals surface area contributed by atoms with Crippen LogP contribution in [0.15, 0.2) is 0 Å². The van der Waals surface area contributed by atoms with E-state index in [4.69, 9.17) is 5.73 Å². The number of likely N-dealkylation sites (N-methyl/N-ethyl adjacent to an activating group) is 1. The van der Waals surface area contributed by atoms with Gasteiger partial charge in [-0.3, -0.25) is 9.69 Å². The van der Waals surface area contributed by atoms with Crippen molar-refractivity contribution in [3.05, 3.63) is 0 Å². The molecule has 1 aliphatic rings. The van der Waals surface area contributed by atoms with E-state index >= 15 is 0 Å². The summed E-state index contributed by atoms with van der Waals surface area (Å²) in [5.74, 6) is 0.0338. The van der Waals surface area contributed by atoms with Crippen LogP contribution in [0, 0.1) is 5.92 Å². The Labute approximate surface area is 90.2 Å². The van der Waals surface area contributed by atoms with Gasteiger partial charge < -0.3 is 10.6 Å². The number of rotatable bonds is 4. The fourth-order valence-electron chi connectivity index (χ4n) is 1.97. The maximum Gasteiger partial charge on any atom is 0.327 e. The highest BCUT2D eigenvalue weighted by Gasteiger charge is 2.44. The lowest BCUT2D eigenvalue weighted by Gasteiger charge is -2.22. The molecule has 0 bridgehead atoms. The Morgan fingerprint density at radius 2 is 2.00 bits per heavy atom. The van der Waals surface area contributed by atoms with Gasteiger partial charge in [0.25, 0.3) is 5.91 Å². The van der Waals surface area contributed by atoms with Crippen LogP contribution in [0.2, 0.25) is 0 Å². The minimum Gasteiger partial charge on any atom is -0.329 e. The van der Waals surface area contributed by atoms with Crippen LogP contribution in [0.25, 0.3) is 0 Å². The molecule has 0 aromatic rings. The molecule has 1 saturated heterocycles. The monoisotopic (exact) mass is 213 g/mol. The molecule has 5 nitrogen and oxygen atoms in total. The summed E-state index contributed by atoms with van der Waals surface area (Å²) in [6.07, 6.45) is 0. The van der Waals surface area contributed by atoms with E-state index in [1.165, 1.54) is 4.90 Å². The van der Waals surface area contributed by atoms with Crippen molar-refractivity contribution in [1.29, 1.82) is 0 Å². The molecule has 15 heavy (non-hydrogen) atoms. The zero-order valence-electron chi connectivity index (χ0n) is 9.56. The number of nitrogens with two attached hydrogens (primary N) is 1. The Balaban J connectivity index is 2.91. The SMILES string of the molecule is CCN1C(=O)N(CCN)C(=O)C1C(C)C. The maximum absolute atomic E-state index is 11.9. The van der Waals surface area contributed by atoms with Gasteiger partial charge in [-0.25, -0.2) is 4.79 Å². The van der Waals surface area contributed by atoms with Crippen LogP contribution in [0.4, 0.5) is 4.79 Å². The highest BCUT2D eigenvalue weighted by Crippen LogP contribution is 2.22. The lowest BCUT2D eigenvalue weighted by Crippen LogP contribution is -2.38. The molecule has 0 spiro atoms. The van der Waals surface area contributed by atoms with Gasteiger partial charge in [-0.2, -0.15) is 0 Å². The molecular formula is C10H19N3O2. The van der Waals surface area contributed by atoms with Gasteiger partial charge in [0.05, 0.1) is 0 Å². The predicted octanol–water partition coefficient (Wildman–Crippen LogP) is 0.254. The second-order valence-electron chi connectivity index (χ2n) is 4.04. The summed E-state index contributed by atoms with van der Waals surface area (Å²) in [6, 6.07) is -0.513. The van der Waals surface area contributed by atoms with Crippen molar-refractivity contribution in [3.63, 3.8) is 0 Å². The van der Waals surface area contributed by atoms with Crippen molar-refractivity contribution >= 4 is 11.9 Å². The van der Waals surface area contributed by atoms with Gasteiger partial charge in [0.1, 0.15) is 6.04 Å². The minimum absolute atomic E-state index is 0.109. The summed E-state index contributed by atoms with van der Waals surface area (Å²) < 4.78 is 0. The van der Waals surface area contributed by atoms with Gasteiger partial charge >= 0.3 is 6.03 Å². The molecule has 1 fully saturated rings. The Bertz CT molecular complexity index is 265. The van der Waals surface area contributed by atoms with E-state index in [1.54, 1.807) is 4.90 Å². The third kappa shape index (κ3) is 1.97. The zero-order valence-corrected chi connectivity index (χ0v) is 9.56. The molecule has 3 amide bonds. The third-order valence-corrected chi connectivity index (χ3v) is 2.66. The third-order valence-electron chi connectivity index (χ3n) is 2.66. The first-order valence-electron chi connectivity index (χ1n) is 5.36. The van der Waals surface area contributed by atoms with Gasteiger partial charge in [-0.05, 0) is 12.8 Å². The first-order chi connectivity index (χ1) is 7.04. The first kappa shape index (κ1) is 12.0. The Kier molecular flexibility index (Phi) is 3.68. The van der Waals surface area contributed by atoms with E-state index in [2.05, 4.69) is 0 Å². The minimum atomic E-state index is -0.311. The van der Waals surface area contributed by atoms with Crippen LogP contribution in [-0.4, -0.2) is 47.4 Å². The Hall–Kier alpha value is -1.10. The largest absolute Gasteiger partial charge is 0.329 e. The van der Waals surface area contributed by atoms with E-state index in [1.807, 2.05) is 20.8 Å². The van der Waals surface area contributed by atoms with E-state index in [-0.39, 0.29) is 23.9 Å². The van der Waals surface area contributed by atoms with Gasteiger partial charge in [0.2, 0.25) is 0 Å². The van der Waals surface area contributed by atoms with Crippen molar-refractivity contribution < 1.29 is 9.59 Å². The molecule has 1 unspecified atom stereocenters. The van der Waals surface area contributed by atoms with Crippen LogP contribution in [0.3, 0.4) is 0 Å². The smallest absolute Gasteiger partial charge is 0.327 e. The molecule has 0 aromatic carbocycles. The van der Waals surface area contributed by atoms with E-state index in [0.717, 1.165) is 0 Å². The molecule has 5 heteroatoms. The number of carbonyl (C=O) groups is 2. The Morgan fingerprint density at radius 1 is 1.40 bits per heavy atom. The van der Waals surface area contributed by atoms with E-state index in [0.29, 0.717) is 19.6 Å². The second-order valence-corrected chi connectivity index (χ2v) is 4.04. The first-order valence-corrected chi connectivity index (χ1v) is 5.36. The fraction of sp³-hybridized carbons (Fsp3) is 0.800. The van der Waals surface area contributed by atoms with Crippen molar-refractivity contribution in [2.24, 2.45) is 11.7 Å². The Morgan fingerprint density at radius 3 is 2.33 bits per heavy atom. The molecule has 86 valence electrons. The van der Waals surface area contributed by atoms with Gasteiger partial charge in [-0.1, -0.05) is 13.8 Å². The highest BCUT2D eigenvalue weighted by molar-refractivity contribution is 6.04. The molecule has 1 heterocycles.